The van der Waals surface area contributed by atoms with Gasteiger partial charge in [0.05, 0.1) is 27.5 Å². The fourth-order valence-corrected chi connectivity index (χ4v) is 4.42. The van der Waals surface area contributed by atoms with Gasteiger partial charge in [0.2, 0.25) is 0 Å². The minimum absolute atomic E-state index is 0.0280. The summed E-state index contributed by atoms with van der Waals surface area (Å²) < 4.78 is 1.92. The molecular weight excluding hydrogens is 382 g/mol. The van der Waals surface area contributed by atoms with Crippen LogP contribution in [0.15, 0.2) is 58.8 Å². The number of aromatic amines is 1. The van der Waals surface area contributed by atoms with Crippen molar-refractivity contribution in [1.82, 2.24) is 24.6 Å². The third-order valence-electron chi connectivity index (χ3n) is 5.32. The summed E-state index contributed by atoms with van der Waals surface area (Å²) in [5.74, 6) is 0.678. The van der Waals surface area contributed by atoms with Gasteiger partial charge in [0.25, 0.3) is 5.56 Å². The van der Waals surface area contributed by atoms with E-state index in [9.17, 15) is 4.79 Å². The number of nitrogens with zero attached hydrogens (tertiary/aromatic N) is 4. The maximum Gasteiger partial charge on any atom is 0.255 e. The number of para-hydroxylation sites is 1. The Morgan fingerprint density at radius 1 is 1.17 bits per heavy atom. The summed E-state index contributed by atoms with van der Waals surface area (Å²) in [6.07, 6.45) is 2.87. The fourth-order valence-electron chi connectivity index (χ4n) is 3.75. The Labute approximate surface area is 172 Å². The monoisotopic (exact) mass is 403 g/mol. The molecule has 29 heavy (non-hydrogen) atoms. The van der Waals surface area contributed by atoms with E-state index >= 15 is 0 Å². The van der Waals surface area contributed by atoms with Gasteiger partial charge >= 0.3 is 0 Å². The molecule has 0 atom stereocenters. The van der Waals surface area contributed by atoms with Crippen molar-refractivity contribution in [1.29, 1.82) is 0 Å². The average Bonchev–Trinajstić information content (AvgIpc) is 3.40. The van der Waals surface area contributed by atoms with Crippen molar-refractivity contribution in [2.24, 2.45) is 0 Å². The van der Waals surface area contributed by atoms with E-state index in [0.717, 1.165) is 47.0 Å². The normalized spacial score (nSPS) is 14.1. The van der Waals surface area contributed by atoms with Crippen LogP contribution >= 0.6 is 11.3 Å². The number of rotatable bonds is 4. The third kappa shape index (κ3) is 3.54. The minimum Gasteiger partial charge on any atom is -0.306 e. The number of thiophene rings is 1. The molecule has 4 aromatic rings. The molecule has 0 fully saturated rings. The van der Waals surface area contributed by atoms with Gasteiger partial charge in [0.15, 0.2) is 5.82 Å². The lowest BCUT2D eigenvalue weighted by Crippen LogP contribution is -2.35. The molecule has 1 N–H and O–H groups in total. The fraction of sp³-hybridized carbons (Fsp3) is 0.227. The van der Waals surface area contributed by atoms with Crippen LogP contribution in [0, 0.1) is 6.92 Å². The minimum atomic E-state index is -0.0280. The van der Waals surface area contributed by atoms with Crippen molar-refractivity contribution in [2.75, 3.05) is 6.54 Å². The van der Waals surface area contributed by atoms with Crippen LogP contribution in [0.5, 0.6) is 0 Å². The van der Waals surface area contributed by atoms with Gasteiger partial charge in [0.1, 0.15) is 0 Å². The van der Waals surface area contributed by atoms with Gasteiger partial charge in [-0.2, -0.15) is 5.10 Å². The highest BCUT2D eigenvalue weighted by atomic mass is 32.1. The topological polar surface area (TPSA) is 66.8 Å². The SMILES string of the molecule is Cc1nn(-c2ccccc2)cc1CN1CCc2nc(-c3cccs3)[nH]c(=O)c2C1. The molecule has 0 saturated heterocycles. The molecule has 6 nitrogen and oxygen atoms in total. The van der Waals surface area contributed by atoms with Gasteiger partial charge in [-0.25, -0.2) is 9.67 Å². The summed E-state index contributed by atoms with van der Waals surface area (Å²) in [4.78, 5) is 23.7. The average molecular weight is 404 g/mol. The second-order valence-electron chi connectivity index (χ2n) is 7.30. The molecular formula is C22H21N5OS. The molecule has 3 aromatic heterocycles. The van der Waals surface area contributed by atoms with Crippen molar-refractivity contribution in [3.8, 4) is 16.4 Å². The van der Waals surface area contributed by atoms with E-state index in [1.807, 2.05) is 59.5 Å². The van der Waals surface area contributed by atoms with Gasteiger partial charge in [-0.15, -0.1) is 11.3 Å². The molecule has 1 aliphatic heterocycles. The molecule has 0 aliphatic carbocycles. The van der Waals surface area contributed by atoms with Crippen LogP contribution in [0.25, 0.3) is 16.4 Å². The van der Waals surface area contributed by atoms with Crippen molar-refractivity contribution in [3.63, 3.8) is 0 Å². The highest BCUT2D eigenvalue weighted by molar-refractivity contribution is 7.13. The zero-order valence-corrected chi connectivity index (χ0v) is 16.9. The summed E-state index contributed by atoms with van der Waals surface area (Å²) in [5.41, 5.74) is 4.92. The second-order valence-corrected chi connectivity index (χ2v) is 8.25. The van der Waals surface area contributed by atoms with Gasteiger partial charge < -0.3 is 4.98 Å². The van der Waals surface area contributed by atoms with Crippen LogP contribution in [0.3, 0.4) is 0 Å². The van der Waals surface area contributed by atoms with E-state index in [-0.39, 0.29) is 5.56 Å². The highest BCUT2D eigenvalue weighted by Gasteiger charge is 2.22. The summed E-state index contributed by atoms with van der Waals surface area (Å²) >= 11 is 1.59. The standard InChI is InChI=1S/C22H21N5OS/c1-15-16(13-27(25-15)17-6-3-2-4-7-17)12-26-10-9-19-18(14-26)22(28)24-21(23-19)20-8-5-11-29-20/h2-8,11,13H,9-10,12,14H2,1H3,(H,23,24,28). The summed E-state index contributed by atoms with van der Waals surface area (Å²) in [7, 11) is 0. The lowest BCUT2D eigenvalue weighted by molar-refractivity contribution is 0.241. The largest absolute Gasteiger partial charge is 0.306 e. The molecule has 4 heterocycles. The van der Waals surface area contributed by atoms with Gasteiger partial charge in [-0.1, -0.05) is 24.3 Å². The van der Waals surface area contributed by atoms with Gasteiger partial charge in [-0.05, 0) is 30.5 Å². The number of hydrogen-bond donors (Lipinski definition) is 1. The Balaban J connectivity index is 1.37. The van der Waals surface area contributed by atoms with Crippen molar-refractivity contribution >= 4 is 11.3 Å². The quantitative estimate of drug-likeness (QED) is 0.566. The lowest BCUT2D eigenvalue weighted by Gasteiger charge is -2.27. The summed E-state index contributed by atoms with van der Waals surface area (Å²) in [6.45, 7) is 4.29. The Bertz CT molecular complexity index is 1190. The molecule has 146 valence electrons. The number of H-pyrrole nitrogens is 1. The van der Waals surface area contributed by atoms with Crippen LogP contribution in [0.2, 0.25) is 0 Å². The molecule has 0 spiro atoms. The maximum absolute atomic E-state index is 12.7. The van der Waals surface area contributed by atoms with Crippen molar-refractivity contribution in [3.05, 3.63) is 86.9 Å². The van der Waals surface area contributed by atoms with Crippen molar-refractivity contribution < 1.29 is 0 Å². The number of fused-ring (bicyclic) bond motifs is 1. The van der Waals surface area contributed by atoms with Gasteiger partial charge in [-0.3, -0.25) is 9.69 Å². The van der Waals surface area contributed by atoms with E-state index in [0.29, 0.717) is 12.4 Å². The molecule has 1 aromatic carbocycles. The van der Waals surface area contributed by atoms with E-state index < -0.39 is 0 Å². The molecule has 0 radical (unpaired) electrons. The van der Waals surface area contributed by atoms with Crippen LogP contribution < -0.4 is 5.56 Å². The number of nitrogens with one attached hydrogen (secondary N) is 1. The molecule has 0 saturated carbocycles. The van der Waals surface area contributed by atoms with Gasteiger partial charge in [0, 0.05) is 37.8 Å². The third-order valence-corrected chi connectivity index (χ3v) is 6.19. The molecule has 0 unspecified atom stereocenters. The molecule has 0 amide bonds. The van der Waals surface area contributed by atoms with Crippen LogP contribution in [-0.4, -0.2) is 31.2 Å². The maximum atomic E-state index is 12.7. The molecule has 5 rings (SSSR count). The first-order valence-electron chi connectivity index (χ1n) is 9.66. The first-order valence-corrected chi connectivity index (χ1v) is 10.5. The first-order chi connectivity index (χ1) is 14.2. The Hall–Kier alpha value is -3.03. The van der Waals surface area contributed by atoms with E-state index in [2.05, 4.69) is 21.2 Å². The predicted octanol–water partition coefficient (Wildman–Crippen LogP) is 3.55. The van der Waals surface area contributed by atoms with Crippen LogP contribution in [0.4, 0.5) is 0 Å². The van der Waals surface area contributed by atoms with E-state index in [1.54, 1.807) is 11.3 Å². The number of aryl methyl sites for hydroxylation is 1. The van der Waals surface area contributed by atoms with E-state index in [4.69, 9.17) is 4.98 Å². The second kappa shape index (κ2) is 7.42. The Morgan fingerprint density at radius 3 is 2.83 bits per heavy atom. The smallest absolute Gasteiger partial charge is 0.255 e. The Kier molecular flexibility index (Phi) is 4.61. The number of hydrogen-bond acceptors (Lipinski definition) is 5. The molecule has 7 heteroatoms. The first kappa shape index (κ1) is 18.0. The molecule has 0 bridgehead atoms. The van der Waals surface area contributed by atoms with Crippen LogP contribution in [-0.2, 0) is 19.5 Å². The molecule has 1 aliphatic rings. The summed E-state index contributed by atoms with van der Waals surface area (Å²) in [6, 6.07) is 14.1. The zero-order chi connectivity index (χ0) is 19.8. The zero-order valence-electron chi connectivity index (χ0n) is 16.1. The van der Waals surface area contributed by atoms with Crippen molar-refractivity contribution in [2.45, 2.75) is 26.4 Å². The Morgan fingerprint density at radius 2 is 2.03 bits per heavy atom. The number of aromatic nitrogens is 4. The van der Waals surface area contributed by atoms with Crippen LogP contribution in [0.1, 0.15) is 22.5 Å². The highest BCUT2D eigenvalue weighted by Crippen LogP contribution is 2.23. The predicted molar refractivity (Wildman–Crippen MR) is 114 cm³/mol. The lowest BCUT2D eigenvalue weighted by atomic mass is 10.1. The van der Waals surface area contributed by atoms with E-state index in [1.165, 1.54) is 5.56 Å². The number of benzene rings is 1. The summed E-state index contributed by atoms with van der Waals surface area (Å²) in [5, 5.41) is 6.65.